The number of pyridine rings is 1. The van der Waals surface area contributed by atoms with Gasteiger partial charge < -0.3 is 10.5 Å². The van der Waals surface area contributed by atoms with Crippen molar-refractivity contribution < 1.29 is 17.9 Å². The van der Waals surface area contributed by atoms with Gasteiger partial charge in [0.25, 0.3) is 0 Å². The first kappa shape index (κ1) is 13.2. The molecule has 2 N–H and O–H groups in total. The second-order valence-corrected chi connectivity index (χ2v) is 3.83. The minimum absolute atomic E-state index is 0.00986. The number of aromatic nitrogens is 1. The number of ether oxygens (including phenoxy) is 1. The molecule has 0 bridgehead atoms. The highest BCUT2D eigenvalue weighted by Crippen LogP contribution is 2.37. The van der Waals surface area contributed by atoms with Crippen LogP contribution >= 0.6 is 0 Å². The largest absolute Gasteiger partial charge is 0.493 e. The summed E-state index contributed by atoms with van der Waals surface area (Å²) in [7, 11) is 1.41. The first-order valence-corrected chi connectivity index (χ1v) is 5.40. The smallest absolute Gasteiger partial charge is 0.417 e. The number of hydrogen-bond acceptors (Lipinski definition) is 3. The van der Waals surface area contributed by atoms with Crippen molar-refractivity contribution in [3.63, 3.8) is 0 Å². The fourth-order valence-electron chi connectivity index (χ4n) is 1.74. The quantitative estimate of drug-likeness (QED) is 0.908. The Labute approximate surface area is 107 Å². The van der Waals surface area contributed by atoms with Crippen LogP contribution in [0.2, 0.25) is 0 Å². The maximum absolute atomic E-state index is 12.9. The van der Waals surface area contributed by atoms with Gasteiger partial charge in [-0.1, -0.05) is 18.2 Å². The third-order valence-corrected chi connectivity index (χ3v) is 2.61. The van der Waals surface area contributed by atoms with Gasteiger partial charge in [-0.2, -0.15) is 13.2 Å². The van der Waals surface area contributed by atoms with Crippen molar-refractivity contribution in [2.45, 2.75) is 6.18 Å². The highest BCUT2D eigenvalue weighted by atomic mass is 19.4. The van der Waals surface area contributed by atoms with Crippen molar-refractivity contribution in [3.8, 4) is 17.0 Å². The van der Waals surface area contributed by atoms with Crippen LogP contribution in [0.4, 0.5) is 19.0 Å². The molecule has 0 amide bonds. The third-order valence-electron chi connectivity index (χ3n) is 2.61. The molecule has 0 radical (unpaired) electrons. The summed E-state index contributed by atoms with van der Waals surface area (Å²) >= 11 is 0. The molecule has 0 atom stereocenters. The lowest BCUT2D eigenvalue weighted by Crippen LogP contribution is -2.07. The maximum Gasteiger partial charge on any atom is 0.417 e. The number of alkyl halides is 3. The van der Waals surface area contributed by atoms with Gasteiger partial charge in [0, 0.05) is 5.56 Å². The molecule has 0 aliphatic heterocycles. The van der Waals surface area contributed by atoms with E-state index in [1.165, 1.54) is 37.4 Å². The number of nitrogens with two attached hydrogens (primary N) is 1. The lowest BCUT2D eigenvalue weighted by Gasteiger charge is -2.13. The van der Waals surface area contributed by atoms with Crippen molar-refractivity contribution in [3.05, 3.63) is 42.0 Å². The topological polar surface area (TPSA) is 48.1 Å². The summed E-state index contributed by atoms with van der Waals surface area (Å²) in [6.07, 6.45) is -4.44. The predicted molar refractivity (Wildman–Crippen MR) is 65.6 cm³/mol. The second kappa shape index (κ2) is 4.79. The molecule has 19 heavy (non-hydrogen) atoms. The highest BCUT2D eigenvalue weighted by molar-refractivity contribution is 5.67. The number of methoxy groups -OCH3 is 1. The van der Waals surface area contributed by atoms with E-state index in [2.05, 4.69) is 4.98 Å². The monoisotopic (exact) mass is 268 g/mol. The van der Waals surface area contributed by atoms with Gasteiger partial charge in [-0.15, -0.1) is 0 Å². The fourth-order valence-corrected chi connectivity index (χ4v) is 1.74. The molecule has 100 valence electrons. The van der Waals surface area contributed by atoms with E-state index < -0.39 is 11.7 Å². The maximum atomic E-state index is 12.9. The summed E-state index contributed by atoms with van der Waals surface area (Å²) in [6, 6.07) is 8.16. The Morgan fingerprint density at radius 1 is 1.11 bits per heavy atom. The van der Waals surface area contributed by atoms with E-state index in [1.807, 2.05) is 0 Å². The second-order valence-electron chi connectivity index (χ2n) is 3.83. The SMILES string of the molecule is COc1ccc(-c2ccccc2C(F)(F)F)nc1N. The van der Waals surface area contributed by atoms with Gasteiger partial charge >= 0.3 is 6.18 Å². The minimum Gasteiger partial charge on any atom is -0.493 e. The van der Waals surface area contributed by atoms with E-state index in [0.29, 0.717) is 5.75 Å². The molecule has 0 saturated carbocycles. The van der Waals surface area contributed by atoms with E-state index in [9.17, 15) is 13.2 Å². The Morgan fingerprint density at radius 2 is 1.79 bits per heavy atom. The van der Waals surface area contributed by atoms with Crippen molar-refractivity contribution in [1.82, 2.24) is 4.98 Å². The predicted octanol–water partition coefficient (Wildman–Crippen LogP) is 3.36. The average Bonchev–Trinajstić information content (AvgIpc) is 2.37. The first-order chi connectivity index (χ1) is 8.93. The molecule has 1 heterocycles. The molecule has 0 spiro atoms. The zero-order valence-corrected chi connectivity index (χ0v) is 10.0. The molecule has 1 aromatic heterocycles. The highest BCUT2D eigenvalue weighted by Gasteiger charge is 2.33. The van der Waals surface area contributed by atoms with Crippen LogP contribution in [0.15, 0.2) is 36.4 Å². The first-order valence-electron chi connectivity index (χ1n) is 5.40. The molecular weight excluding hydrogens is 257 g/mol. The van der Waals surface area contributed by atoms with E-state index >= 15 is 0 Å². The lowest BCUT2D eigenvalue weighted by atomic mass is 10.0. The Bertz CT molecular complexity index is 597. The average molecular weight is 268 g/mol. The summed E-state index contributed by atoms with van der Waals surface area (Å²) < 4.78 is 43.6. The van der Waals surface area contributed by atoms with Crippen molar-refractivity contribution >= 4 is 5.82 Å². The van der Waals surface area contributed by atoms with Crippen LogP contribution in [0.1, 0.15) is 5.56 Å². The van der Waals surface area contributed by atoms with Crippen LogP contribution in [0.25, 0.3) is 11.3 Å². The lowest BCUT2D eigenvalue weighted by molar-refractivity contribution is -0.137. The van der Waals surface area contributed by atoms with Gasteiger partial charge in [-0.25, -0.2) is 4.98 Å². The number of benzene rings is 1. The summed E-state index contributed by atoms with van der Waals surface area (Å²) in [5.74, 6) is 0.380. The summed E-state index contributed by atoms with van der Waals surface area (Å²) in [4.78, 5) is 3.94. The van der Waals surface area contributed by atoms with Crippen LogP contribution in [-0.4, -0.2) is 12.1 Å². The van der Waals surface area contributed by atoms with Crippen molar-refractivity contribution in [2.75, 3.05) is 12.8 Å². The van der Waals surface area contributed by atoms with Gasteiger partial charge in [0.1, 0.15) is 0 Å². The molecule has 6 heteroatoms. The van der Waals surface area contributed by atoms with Crippen LogP contribution in [0.5, 0.6) is 5.75 Å². The number of hydrogen-bond donors (Lipinski definition) is 1. The zero-order chi connectivity index (χ0) is 14.0. The van der Waals surface area contributed by atoms with E-state index in [4.69, 9.17) is 10.5 Å². The van der Waals surface area contributed by atoms with E-state index in [-0.39, 0.29) is 17.1 Å². The Kier molecular flexibility index (Phi) is 3.33. The molecule has 0 aliphatic rings. The van der Waals surface area contributed by atoms with E-state index in [1.54, 1.807) is 0 Å². The Balaban J connectivity index is 2.57. The third kappa shape index (κ3) is 2.62. The number of anilines is 1. The Morgan fingerprint density at radius 3 is 2.37 bits per heavy atom. The zero-order valence-electron chi connectivity index (χ0n) is 10.0. The molecular formula is C13H11F3N2O. The van der Waals surface area contributed by atoms with Crippen molar-refractivity contribution in [2.24, 2.45) is 0 Å². The van der Waals surface area contributed by atoms with Gasteiger partial charge in [0.05, 0.1) is 18.4 Å². The van der Waals surface area contributed by atoms with E-state index in [0.717, 1.165) is 6.07 Å². The van der Waals surface area contributed by atoms with Crippen LogP contribution in [0.3, 0.4) is 0 Å². The number of rotatable bonds is 2. The van der Waals surface area contributed by atoms with Crippen LogP contribution in [-0.2, 0) is 6.18 Å². The molecule has 2 rings (SSSR count). The fraction of sp³-hybridized carbons (Fsp3) is 0.154. The molecule has 1 aromatic carbocycles. The molecule has 3 nitrogen and oxygen atoms in total. The van der Waals surface area contributed by atoms with Gasteiger partial charge in [-0.3, -0.25) is 0 Å². The standard InChI is InChI=1S/C13H11F3N2O/c1-19-11-7-6-10(18-12(11)17)8-4-2-3-5-9(8)13(14,15)16/h2-7H,1H3,(H2,17,18). The molecule has 2 aromatic rings. The Hall–Kier alpha value is -2.24. The normalized spacial score (nSPS) is 11.4. The minimum atomic E-state index is -4.44. The number of halogens is 3. The summed E-state index contributed by atoms with van der Waals surface area (Å²) in [6.45, 7) is 0. The van der Waals surface area contributed by atoms with Gasteiger partial charge in [-0.05, 0) is 18.2 Å². The van der Waals surface area contributed by atoms with Crippen LogP contribution in [0, 0.1) is 0 Å². The summed E-state index contributed by atoms with van der Waals surface area (Å²) in [5, 5.41) is 0. The number of nitrogen functional groups attached to an aromatic ring is 1. The summed E-state index contributed by atoms with van der Waals surface area (Å²) in [5.41, 5.74) is 5.02. The number of nitrogens with zero attached hydrogens (tertiary/aromatic N) is 1. The molecule has 0 unspecified atom stereocenters. The van der Waals surface area contributed by atoms with Crippen LogP contribution < -0.4 is 10.5 Å². The van der Waals surface area contributed by atoms with Crippen molar-refractivity contribution in [1.29, 1.82) is 0 Å². The molecule has 0 aliphatic carbocycles. The van der Waals surface area contributed by atoms with Gasteiger partial charge in [0.2, 0.25) is 0 Å². The molecule has 0 saturated heterocycles. The molecule has 0 fully saturated rings. The van der Waals surface area contributed by atoms with Gasteiger partial charge in [0.15, 0.2) is 11.6 Å².